The Kier molecular flexibility index (Phi) is 5.99. The molecule has 1 atom stereocenters. The number of fused-ring (bicyclic) bond motifs is 2. The highest BCUT2D eigenvalue weighted by molar-refractivity contribution is 6.01. The van der Waals surface area contributed by atoms with Gasteiger partial charge in [0.1, 0.15) is 24.7 Å². The van der Waals surface area contributed by atoms with Gasteiger partial charge >= 0.3 is 0 Å². The van der Waals surface area contributed by atoms with Crippen molar-refractivity contribution in [3.8, 4) is 0 Å². The van der Waals surface area contributed by atoms with Gasteiger partial charge in [0.15, 0.2) is 5.78 Å². The average Bonchev–Trinajstić information content (AvgIpc) is 3.39. The molecule has 35 heavy (non-hydrogen) atoms. The van der Waals surface area contributed by atoms with E-state index in [1.807, 2.05) is 36.9 Å². The molecule has 0 saturated carbocycles. The number of ketones is 1. The lowest BCUT2D eigenvalue weighted by Gasteiger charge is -2.35. The van der Waals surface area contributed by atoms with Gasteiger partial charge in [-0.1, -0.05) is 37.4 Å². The van der Waals surface area contributed by atoms with E-state index >= 15 is 0 Å². The summed E-state index contributed by atoms with van der Waals surface area (Å²) in [5.41, 5.74) is 7.33. The molecule has 2 aromatic carbocycles. The Morgan fingerprint density at radius 2 is 1.63 bits per heavy atom. The molecule has 0 spiro atoms. The molecule has 0 radical (unpaired) electrons. The summed E-state index contributed by atoms with van der Waals surface area (Å²) in [7, 11) is 0. The maximum atomic E-state index is 13.0. The van der Waals surface area contributed by atoms with Crippen LogP contribution in [0.3, 0.4) is 0 Å². The SMILES string of the molecule is C=C1OCc2c1ccc(C(=O)CN1CCN(CC(O)c3ccc4c(c3C)COC4=C)CC1=O)c2C. The molecule has 182 valence electrons. The highest BCUT2D eigenvalue weighted by Crippen LogP contribution is 2.35. The number of aliphatic hydroxyl groups is 1. The van der Waals surface area contributed by atoms with Crippen LogP contribution in [0, 0.1) is 13.8 Å². The summed E-state index contributed by atoms with van der Waals surface area (Å²) < 4.78 is 11.0. The summed E-state index contributed by atoms with van der Waals surface area (Å²) in [4.78, 5) is 29.4. The second kappa shape index (κ2) is 8.98. The predicted molar refractivity (Wildman–Crippen MR) is 132 cm³/mol. The molecular formula is C28H30N2O5. The van der Waals surface area contributed by atoms with Crippen molar-refractivity contribution in [3.63, 3.8) is 0 Å². The molecule has 1 amide bonds. The molecule has 3 aliphatic rings. The van der Waals surface area contributed by atoms with Gasteiger partial charge in [0.05, 0.1) is 19.2 Å². The number of rotatable bonds is 6. The van der Waals surface area contributed by atoms with Crippen LogP contribution in [0.25, 0.3) is 11.5 Å². The minimum Gasteiger partial charge on any atom is -0.489 e. The number of aliphatic hydroxyl groups excluding tert-OH is 1. The minimum atomic E-state index is -0.721. The van der Waals surface area contributed by atoms with Crippen LogP contribution < -0.4 is 0 Å². The molecule has 1 N–H and O–H groups in total. The average molecular weight is 475 g/mol. The highest BCUT2D eigenvalue weighted by atomic mass is 16.5. The van der Waals surface area contributed by atoms with Crippen LogP contribution in [0.4, 0.5) is 0 Å². The number of amides is 1. The van der Waals surface area contributed by atoms with Crippen LogP contribution in [-0.2, 0) is 27.5 Å². The van der Waals surface area contributed by atoms with E-state index in [-0.39, 0.29) is 24.8 Å². The summed E-state index contributed by atoms with van der Waals surface area (Å²) in [5.74, 6) is 1.10. The van der Waals surface area contributed by atoms with E-state index in [2.05, 4.69) is 13.2 Å². The Bertz CT molecular complexity index is 1260. The van der Waals surface area contributed by atoms with Gasteiger partial charge < -0.3 is 19.5 Å². The van der Waals surface area contributed by atoms with Crippen molar-refractivity contribution >= 4 is 23.2 Å². The van der Waals surface area contributed by atoms with E-state index < -0.39 is 6.10 Å². The van der Waals surface area contributed by atoms with Gasteiger partial charge in [-0.15, -0.1) is 0 Å². The van der Waals surface area contributed by atoms with E-state index in [0.29, 0.717) is 49.9 Å². The fourth-order valence-corrected chi connectivity index (χ4v) is 5.25. The van der Waals surface area contributed by atoms with E-state index in [1.165, 1.54) is 0 Å². The number of hydrogen-bond donors (Lipinski definition) is 1. The van der Waals surface area contributed by atoms with Crippen LogP contribution in [0.5, 0.6) is 0 Å². The van der Waals surface area contributed by atoms with Gasteiger partial charge in [0.2, 0.25) is 5.91 Å². The van der Waals surface area contributed by atoms with Gasteiger partial charge in [-0.3, -0.25) is 14.5 Å². The second-order valence-electron chi connectivity index (χ2n) is 9.48. The lowest BCUT2D eigenvalue weighted by molar-refractivity contribution is -0.136. The maximum absolute atomic E-state index is 13.0. The highest BCUT2D eigenvalue weighted by Gasteiger charge is 2.30. The van der Waals surface area contributed by atoms with Gasteiger partial charge in [-0.05, 0) is 30.5 Å². The fourth-order valence-electron chi connectivity index (χ4n) is 5.25. The summed E-state index contributed by atoms with van der Waals surface area (Å²) in [6.45, 7) is 14.2. The monoisotopic (exact) mass is 474 g/mol. The molecule has 2 aromatic rings. The number of carbonyl (C=O) groups excluding carboxylic acids is 2. The van der Waals surface area contributed by atoms with Gasteiger partial charge in [0.25, 0.3) is 0 Å². The summed E-state index contributed by atoms with van der Waals surface area (Å²) >= 11 is 0. The number of Topliss-reactive ketones (excluding diaryl/α,β-unsaturated/α-hetero) is 1. The van der Waals surface area contributed by atoms with Crippen LogP contribution in [-0.4, -0.2) is 59.3 Å². The Morgan fingerprint density at radius 3 is 2.29 bits per heavy atom. The zero-order valence-corrected chi connectivity index (χ0v) is 20.2. The van der Waals surface area contributed by atoms with Crippen molar-refractivity contribution in [2.75, 3.05) is 32.7 Å². The molecule has 3 heterocycles. The number of hydrogen-bond acceptors (Lipinski definition) is 6. The Hall–Kier alpha value is -3.42. The second-order valence-corrected chi connectivity index (χ2v) is 9.48. The topological polar surface area (TPSA) is 79.3 Å². The first-order valence-corrected chi connectivity index (χ1v) is 11.8. The zero-order chi connectivity index (χ0) is 24.9. The Morgan fingerprint density at radius 1 is 1.00 bits per heavy atom. The summed E-state index contributed by atoms with van der Waals surface area (Å²) in [6, 6.07) is 7.52. The van der Waals surface area contributed by atoms with E-state index in [0.717, 1.165) is 38.9 Å². The van der Waals surface area contributed by atoms with Crippen molar-refractivity contribution in [1.29, 1.82) is 0 Å². The molecular weight excluding hydrogens is 444 g/mol. The molecule has 1 unspecified atom stereocenters. The van der Waals surface area contributed by atoms with E-state index in [1.54, 1.807) is 11.0 Å². The molecule has 0 aromatic heterocycles. The standard InChI is InChI=1S/C28H30N2O5/c1-16-20(5-7-22-18(3)34-14-24(16)22)26(31)11-29-9-10-30(28(33)13-29)12-27(32)21-6-8-23-19(4)35-15-25(23)17(21)2/h5-8,26,31H,3-4,9-15H2,1-2H3. The van der Waals surface area contributed by atoms with Gasteiger partial charge in [0, 0.05) is 47.5 Å². The molecule has 0 bridgehead atoms. The van der Waals surface area contributed by atoms with Crippen LogP contribution in [0.15, 0.2) is 37.4 Å². The first-order chi connectivity index (χ1) is 16.7. The van der Waals surface area contributed by atoms with Crippen molar-refractivity contribution in [3.05, 3.63) is 81.9 Å². The molecule has 5 rings (SSSR count). The zero-order valence-electron chi connectivity index (χ0n) is 20.2. The third-order valence-electron chi connectivity index (χ3n) is 7.44. The number of carbonyl (C=O) groups is 2. The van der Waals surface area contributed by atoms with Gasteiger partial charge in [-0.25, -0.2) is 0 Å². The van der Waals surface area contributed by atoms with Gasteiger partial charge in [-0.2, -0.15) is 0 Å². The van der Waals surface area contributed by atoms with E-state index in [9.17, 15) is 14.7 Å². The third kappa shape index (κ3) is 4.15. The first-order valence-electron chi connectivity index (χ1n) is 11.8. The number of ether oxygens (including phenoxy) is 2. The minimum absolute atomic E-state index is 0.0461. The fraction of sp³-hybridized carbons (Fsp3) is 0.357. The third-order valence-corrected chi connectivity index (χ3v) is 7.44. The van der Waals surface area contributed by atoms with Crippen LogP contribution in [0.1, 0.15) is 55.4 Å². The quantitative estimate of drug-likeness (QED) is 0.647. The van der Waals surface area contributed by atoms with E-state index in [4.69, 9.17) is 9.47 Å². The molecule has 3 aliphatic heterocycles. The summed E-state index contributed by atoms with van der Waals surface area (Å²) in [6.07, 6.45) is -0.721. The largest absolute Gasteiger partial charge is 0.489 e. The number of β-amino-alcohol motifs (C(OH)–C–C–N with tert-alkyl or cyclic N) is 1. The molecule has 0 aliphatic carbocycles. The summed E-state index contributed by atoms with van der Waals surface area (Å²) in [5, 5.41) is 10.9. The first kappa shape index (κ1) is 23.3. The Labute approximate surface area is 205 Å². The molecule has 1 fully saturated rings. The number of piperazine rings is 1. The lowest BCUT2D eigenvalue weighted by Crippen LogP contribution is -2.52. The van der Waals surface area contributed by atoms with Crippen molar-refractivity contribution in [2.24, 2.45) is 0 Å². The molecule has 7 heteroatoms. The van der Waals surface area contributed by atoms with Crippen molar-refractivity contribution in [2.45, 2.75) is 33.2 Å². The smallest absolute Gasteiger partial charge is 0.237 e. The van der Waals surface area contributed by atoms with Crippen LogP contribution >= 0.6 is 0 Å². The van der Waals surface area contributed by atoms with Crippen molar-refractivity contribution in [1.82, 2.24) is 9.80 Å². The molecule has 7 nitrogen and oxygen atoms in total. The number of benzene rings is 2. The Balaban J connectivity index is 1.20. The van der Waals surface area contributed by atoms with Crippen LogP contribution in [0.2, 0.25) is 0 Å². The number of nitrogens with zero attached hydrogens (tertiary/aromatic N) is 2. The molecule has 1 saturated heterocycles. The van der Waals surface area contributed by atoms with Crippen molar-refractivity contribution < 1.29 is 24.2 Å². The normalized spacial score (nSPS) is 18.3. The lowest BCUT2D eigenvalue weighted by atomic mass is 9.94. The maximum Gasteiger partial charge on any atom is 0.237 e. The predicted octanol–water partition coefficient (Wildman–Crippen LogP) is 3.37.